The van der Waals surface area contributed by atoms with E-state index in [1.54, 1.807) is 0 Å². The molecule has 1 saturated carbocycles. The van der Waals surface area contributed by atoms with Crippen LogP contribution in [0.3, 0.4) is 0 Å². The number of hydrogen-bond acceptors (Lipinski definition) is 4. The molecule has 1 fully saturated rings. The number of rotatable bonds is 3. The molecule has 9 aromatic rings. The summed E-state index contributed by atoms with van der Waals surface area (Å²) in [6, 6.07) is 47.3. The van der Waals surface area contributed by atoms with Crippen molar-refractivity contribution in [1.82, 2.24) is 9.97 Å². The first kappa shape index (κ1) is 27.9. The van der Waals surface area contributed by atoms with Gasteiger partial charge in [0.15, 0.2) is 11.4 Å². The van der Waals surface area contributed by atoms with Crippen LogP contribution in [0.5, 0.6) is 0 Å². The van der Waals surface area contributed by atoms with Crippen LogP contribution >= 0.6 is 0 Å². The zero-order valence-electron chi connectivity index (χ0n) is 27.4. The SMILES string of the molecule is c1ccc(-c2nc(-c3cccc4c3oc3cc(-c5cccc6c5-c5ccccc5C65CCCCC5)ccc34)nc3c2oc2ccccc23)cc1. The van der Waals surface area contributed by atoms with Gasteiger partial charge in [-0.3, -0.25) is 0 Å². The maximum Gasteiger partial charge on any atom is 0.180 e. The highest BCUT2D eigenvalue weighted by atomic mass is 16.3. The molecule has 11 rings (SSSR count). The van der Waals surface area contributed by atoms with Gasteiger partial charge < -0.3 is 8.83 Å². The van der Waals surface area contributed by atoms with Crippen LogP contribution in [-0.2, 0) is 5.41 Å². The fourth-order valence-corrected chi connectivity index (χ4v) is 9.08. The lowest BCUT2D eigenvalue weighted by atomic mass is 9.68. The molecule has 50 heavy (non-hydrogen) atoms. The van der Waals surface area contributed by atoms with Crippen molar-refractivity contribution < 1.29 is 8.83 Å². The van der Waals surface area contributed by atoms with E-state index in [2.05, 4.69) is 97.1 Å². The van der Waals surface area contributed by atoms with Gasteiger partial charge in [-0.1, -0.05) is 122 Å². The van der Waals surface area contributed by atoms with E-state index in [4.69, 9.17) is 18.8 Å². The monoisotopic (exact) mass is 644 g/mol. The van der Waals surface area contributed by atoms with E-state index in [1.165, 1.54) is 65.5 Å². The summed E-state index contributed by atoms with van der Waals surface area (Å²) in [5.41, 5.74) is 14.9. The van der Waals surface area contributed by atoms with Gasteiger partial charge in [-0.15, -0.1) is 0 Å². The Morgan fingerprint density at radius 2 is 1.20 bits per heavy atom. The van der Waals surface area contributed by atoms with Gasteiger partial charge in [0.05, 0.1) is 5.56 Å². The van der Waals surface area contributed by atoms with Crippen molar-refractivity contribution in [2.24, 2.45) is 0 Å². The Kier molecular flexibility index (Phi) is 5.86. The van der Waals surface area contributed by atoms with E-state index < -0.39 is 0 Å². The van der Waals surface area contributed by atoms with Gasteiger partial charge in [0.2, 0.25) is 0 Å². The summed E-state index contributed by atoms with van der Waals surface area (Å²) in [5.74, 6) is 0.614. The third-order valence-corrected chi connectivity index (χ3v) is 11.3. The van der Waals surface area contributed by atoms with Crippen molar-refractivity contribution >= 4 is 44.0 Å². The minimum atomic E-state index is 0.124. The molecule has 6 aromatic carbocycles. The van der Waals surface area contributed by atoms with Gasteiger partial charge in [0.1, 0.15) is 28.0 Å². The van der Waals surface area contributed by atoms with Crippen molar-refractivity contribution in [1.29, 1.82) is 0 Å². The van der Waals surface area contributed by atoms with Crippen molar-refractivity contribution in [2.45, 2.75) is 37.5 Å². The highest BCUT2D eigenvalue weighted by Crippen LogP contribution is 2.58. The lowest BCUT2D eigenvalue weighted by Crippen LogP contribution is -2.27. The normalized spacial score (nSPS) is 15.0. The second-order valence-corrected chi connectivity index (χ2v) is 13.9. The van der Waals surface area contributed by atoms with Gasteiger partial charge in [0.25, 0.3) is 0 Å². The van der Waals surface area contributed by atoms with Crippen molar-refractivity contribution in [3.63, 3.8) is 0 Å². The Bertz CT molecular complexity index is 2800. The van der Waals surface area contributed by atoms with Crippen LogP contribution in [0.15, 0.2) is 142 Å². The maximum atomic E-state index is 6.82. The molecule has 0 bridgehead atoms. The van der Waals surface area contributed by atoms with E-state index in [0.717, 1.165) is 55.2 Å². The number of para-hydroxylation sites is 2. The van der Waals surface area contributed by atoms with Crippen LogP contribution in [-0.4, -0.2) is 9.97 Å². The van der Waals surface area contributed by atoms with Gasteiger partial charge in [0, 0.05) is 27.1 Å². The van der Waals surface area contributed by atoms with Gasteiger partial charge >= 0.3 is 0 Å². The van der Waals surface area contributed by atoms with Crippen LogP contribution < -0.4 is 0 Å². The van der Waals surface area contributed by atoms with Gasteiger partial charge in [-0.25, -0.2) is 9.97 Å². The molecule has 2 aliphatic carbocycles. The molecule has 0 N–H and O–H groups in total. The molecule has 0 aliphatic heterocycles. The molecule has 0 unspecified atom stereocenters. The molecule has 2 aliphatic rings. The molecule has 1 spiro atoms. The molecule has 3 aromatic heterocycles. The lowest BCUT2D eigenvalue weighted by Gasteiger charge is -2.36. The van der Waals surface area contributed by atoms with E-state index in [-0.39, 0.29) is 5.41 Å². The molecule has 0 amide bonds. The fraction of sp³-hybridized carbons (Fsp3) is 0.130. The first-order valence-electron chi connectivity index (χ1n) is 17.7. The molecule has 0 atom stereocenters. The Labute approximate surface area is 289 Å². The fourth-order valence-electron chi connectivity index (χ4n) is 9.08. The first-order chi connectivity index (χ1) is 24.8. The van der Waals surface area contributed by atoms with Gasteiger partial charge in [-0.2, -0.15) is 0 Å². The predicted octanol–water partition coefficient (Wildman–Crippen LogP) is 12.5. The minimum Gasteiger partial charge on any atom is -0.455 e. The number of nitrogens with zero attached hydrogens (tertiary/aromatic N) is 2. The van der Waals surface area contributed by atoms with Crippen LogP contribution in [0.4, 0.5) is 0 Å². The average molecular weight is 645 g/mol. The number of fused-ring (bicyclic) bond motifs is 11. The highest BCUT2D eigenvalue weighted by Gasteiger charge is 2.44. The summed E-state index contributed by atoms with van der Waals surface area (Å²) in [4.78, 5) is 10.3. The first-order valence-corrected chi connectivity index (χ1v) is 17.7. The molecular weight excluding hydrogens is 613 g/mol. The summed E-state index contributed by atoms with van der Waals surface area (Å²) < 4.78 is 13.2. The smallest absolute Gasteiger partial charge is 0.180 e. The average Bonchev–Trinajstić information content (AvgIpc) is 3.83. The molecule has 4 heteroatoms. The second kappa shape index (κ2) is 10.5. The summed E-state index contributed by atoms with van der Waals surface area (Å²) >= 11 is 0. The standard InChI is InChI=1S/C46H32N2O2/c1-3-13-28(14-4-1)41-44-42(34-16-6-8-22-38(34)49-44)48-45(47-41)35-19-11-18-32-31-24-23-29(27-39(31)50-43(32)35)30-17-12-21-37-40(30)33-15-5-7-20-36(33)46(37)25-9-2-10-26-46/h1,3-8,11-24,27H,2,9-10,25-26H2. The van der Waals surface area contributed by atoms with Crippen LogP contribution in [0.25, 0.3) is 88.9 Å². The quantitative estimate of drug-likeness (QED) is 0.192. The van der Waals surface area contributed by atoms with Gasteiger partial charge in [-0.05, 0) is 76.6 Å². The third kappa shape index (κ3) is 3.87. The van der Waals surface area contributed by atoms with E-state index in [0.29, 0.717) is 11.4 Å². The maximum absolute atomic E-state index is 6.82. The Morgan fingerprint density at radius 1 is 0.480 bits per heavy atom. The number of furan rings is 2. The van der Waals surface area contributed by atoms with Crippen molar-refractivity contribution in [2.75, 3.05) is 0 Å². The Hall–Kier alpha value is -6.00. The third-order valence-electron chi connectivity index (χ3n) is 11.3. The number of aromatic nitrogens is 2. The minimum absolute atomic E-state index is 0.124. The van der Waals surface area contributed by atoms with Crippen LogP contribution in [0.1, 0.15) is 43.2 Å². The van der Waals surface area contributed by atoms with E-state index >= 15 is 0 Å². The Balaban J connectivity index is 1.10. The molecule has 3 heterocycles. The molecule has 4 nitrogen and oxygen atoms in total. The van der Waals surface area contributed by atoms with Crippen LogP contribution in [0, 0.1) is 0 Å². The molecule has 0 radical (unpaired) electrons. The largest absolute Gasteiger partial charge is 0.455 e. The Morgan fingerprint density at radius 3 is 2.12 bits per heavy atom. The van der Waals surface area contributed by atoms with E-state index in [9.17, 15) is 0 Å². The zero-order valence-corrected chi connectivity index (χ0v) is 27.4. The van der Waals surface area contributed by atoms with Crippen LogP contribution in [0.2, 0.25) is 0 Å². The van der Waals surface area contributed by atoms with Crippen molar-refractivity contribution in [3.8, 4) is 44.9 Å². The topological polar surface area (TPSA) is 52.1 Å². The lowest BCUT2D eigenvalue weighted by molar-refractivity contribution is 0.353. The summed E-state index contributed by atoms with van der Waals surface area (Å²) in [7, 11) is 0. The summed E-state index contributed by atoms with van der Waals surface area (Å²) in [6.07, 6.45) is 6.34. The highest BCUT2D eigenvalue weighted by molar-refractivity contribution is 6.12. The summed E-state index contributed by atoms with van der Waals surface area (Å²) in [5, 5.41) is 3.10. The molecule has 0 saturated heterocycles. The van der Waals surface area contributed by atoms with E-state index in [1.807, 2.05) is 36.4 Å². The van der Waals surface area contributed by atoms with Crippen molar-refractivity contribution in [3.05, 3.63) is 145 Å². The number of benzene rings is 6. The molecule has 238 valence electrons. The number of hydrogen-bond donors (Lipinski definition) is 0. The zero-order chi connectivity index (χ0) is 32.8. The molecular formula is C46H32N2O2. The summed E-state index contributed by atoms with van der Waals surface area (Å²) in [6.45, 7) is 0. The predicted molar refractivity (Wildman–Crippen MR) is 202 cm³/mol. The second-order valence-electron chi connectivity index (χ2n) is 13.9.